The van der Waals surface area contributed by atoms with E-state index < -0.39 is 4.92 Å². The third-order valence-corrected chi connectivity index (χ3v) is 5.87. The summed E-state index contributed by atoms with van der Waals surface area (Å²) in [5.74, 6) is 1.33. The quantitative estimate of drug-likeness (QED) is 0.143. The first-order chi connectivity index (χ1) is 17.9. The molecule has 2 heterocycles. The van der Waals surface area contributed by atoms with E-state index >= 15 is 0 Å². The number of benzene rings is 3. The van der Waals surface area contributed by atoms with Crippen molar-refractivity contribution in [1.82, 2.24) is 4.98 Å². The summed E-state index contributed by atoms with van der Waals surface area (Å²) in [5.41, 5.74) is 4.26. The number of fused-ring (bicyclic) bond motifs is 1. The molecule has 0 aliphatic heterocycles. The number of nitrogens with zero attached hydrogens (tertiary/aromatic N) is 2. The van der Waals surface area contributed by atoms with Gasteiger partial charge in [0.25, 0.3) is 5.69 Å². The highest BCUT2D eigenvalue weighted by Gasteiger charge is 2.17. The van der Waals surface area contributed by atoms with Gasteiger partial charge in [-0.15, -0.1) is 0 Å². The van der Waals surface area contributed by atoms with Gasteiger partial charge in [-0.25, -0.2) is 4.98 Å². The van der Waals surface area contributed by atoms with Gasteiger partial charge in [0.05, 0.1) is 10.5 Å². The molecular formula is C29H23N3O5. The van der Waals surface area contributed by atoms with Crippen molar-refractivity contribution in [3.05, 3.63) is 106 Å². The summed E-state index contributed by atoms with van der Waals surface area (Å²) < 4.78 is 11.6. The van der Waals surface area contributed by atoms with Gasteiger partial charge in [0.1, 0.15) is 17.0 Å². The zero-order valence-electron chi connectivity index (χ0n) is 20.2. The zero-order valence-corrected chi connectivity index (χ0v) is 20.2. The van der Waals surface area contributed by atoms with Gasteiger partial charge >= 0.3 is 0 Å². The van der Waals surface area contributed by atoms with Gasteiger partial charge in [-0.2, -0.15) is 0 Å². The molecular weight excluding hydrogens is 470 g/mol. The summed E-state index contributed by atoms with van der Waals surface area (Å²) >= 11 is 0. The lowest BCUT2D eigenvalue weighted by atomic mass is 10.0. The van der Waals surface area contributed by atoms with Crippen LogP contribution in [0.15, 0.2) is 93.8 Å². The van der Waals surface area contributed by atoms with Crippen molar-refractivity contribution in [2.45, 2.75) is 19.8 Å². The van der Waals surface area contributed by atoms with Crippen LogP contribution >= 0.6 is 0 Å². The first-order valence-electron chi connectivity index (χ1n) is 11.7. The number of oxazole rings is 1. The molecule has 37 heavy (non-hydrogen) atoms. The number of carbonyl (C=O) groups excluding carboxylic acids is 1. The maximum Gasteiger partial charge on any atom is 0.280 e. The van der Waals surface area contributed by atoms with Crippen LogP contribution < -0.4 is 5.32 Å². The lowest BCUT2D eigenvalue weighted by Crippen LogP contribution is -2.07. The van der Waals surface area contributed by atoms with Crippen molar-refractivity contribution in [3.63, 3.8) is 0 Å². The number of nitrogens with one attached hydrogen (secondary N) is 1. The highest BCUT2D eigenvalue weighted by Crippen LogP contribution is 2.31. The molecule has 0 aliphatic rings. The van der Waals surface area contributed by atoms with Gasteiger partial charge in [-0.05, 0) is 66.1 Å². The monoisotopic (exact) mass is 493 g/mol. The summed E-state index contributed by atoms with van der Waals surface area (Å²) in [5, 5.41) is 14.1. The molecule has 2 aromatic heterocycles. The highest BCUT2D eigenvalue weighted by atomic mass is 16.6. The Morgan fingerprint density at radius 3 is 2.54 bits per heavy atom. The van der Waals surface area contributed by atoms with E-state index in [2.05, 4.69) is 36.3 Å². The topological polar surface area (TPSA) is 111 Å². The Morgan fingerprint density at radius 1 is 1.00 bits per heavy atom. The number of rotatable bonds is 7. The van der Waals surface area contributed by atoms with E-state index in [9.17, 15) is 14.9 Å². The normalized spacial score (nSPS) is 11.4. The van der Waals surface area contributed by atoms with Gasteiger partial charge < -0.3 is 14.2 Å². The number of nitro benzene ring substituents is 1. The molecule has 0 bridgehead atoms. The summed E-state index contributed by atoms with van der Waals surface area (Å²) in [6.45, 7) is 4.29. The minimum absolute atomic E-state index is 0.0518. The van der Waals surface area contributed by atoms with E-state index in [0.29, 0.717) is 45.7 Å². The smallest absolute Gasteiger partial charge is 0.280 e. The standard InChI is InChI=1S/C29H23N3O5/c1-18(2)19-7-9-20(10-8-19)29-31-24-17-21(11-14-27(24)37-29)30-28(33)16-13-22-12-15-26(36-22)23-5-3-4-6-25(23)32(34)35/h3-18H,1-2H3,(H,30,33)/b16-13+. The molecule has 0 aliphatic carbocycles. The van der Waals surface area contributed by atoms with Gasteiger partial charge in [0.15, 0.2) is 5.58 Å². The second-order valence-corrected chi connectivity index (χ2v) is 8.78. The lowest BCUT2D eigenvalue weighted by Gasteiger charge is -2.04. The first-order valence-corrected chi connectivity index (χ1v) is 11.7. The molecule has 184 valence electrons. The van der Waals surface area contributed by atoms with Gasteiger partial charge in [-0.1, -0.05) is 38.1 Å². The van der Waals surface area contributed by atoms with Crippen molar-refractivity contribution in [2.24, 2.45) is 0 Å². The maximum absolute atomic E-state index is 12.5. The van der Waals surface area contributed by atoms with Crippen molar-refractivity contribution >= 4 is 34.5 Å². The minimum Gasteiger partial charge on any atom is -0.456 e. The summed E-state index contributed by atoms with van der Waals surface area (Å²) in [4.78, 5) is 27.9. The number of hydrogen-bond acceptors (Lipinski definition) is 6. The molecule has 0 fully saturated rings. The van der Waals surface area contributed by atoms with Crippen LogP contribution in [0.5, 0.6) is 0 Å². The van der Waals surface area contributed by atoms with Crippen LogP contribution in [0, 0.1) is 10.1 Å². The zero-order chi connectivity index (χ0) is 25.9. The molecule has 0 radical (unpaired) electrons. The lowest BCUT2D eigenvalue weighted by molar-refractivity contribution is -0.384. The Labute approximate surface area is 212 Å². The second-order valence-electron chi connectivity index (χ2n) is 8.78. The minimum atomic E-state index is -0.460. The molecule has 0 saturated heterocycles. The van der Waals surface area contributed by atoms with Crippen LogP contribution in [0.4, 0.5) is 11.4 Å². The van der Waals surface area contributed by atoms with Crippen molar-refractivity contribution < 1.29 is 18.6 Å². The summed E-state index contributed by atoms with van der Waals surface area (Å²) in [6, 6.07) is 23.0. The average Bonchev–Trinajstić information content (AvgIpc) is 3.54. The molecule has 0 spiro atoms. The number of carbonyl (C=O) groups is 1. The van der Waals surface area contributed by atoms with Gasteiger partial charge in [0, 0.05) is 23.4 Å². The van der Waals surface area contributed by atoms with E-state index in [4.69, 9.17) is 8.83 Å². The van der Waals surface area contributed by atoms with Gasteiger partial charge in [-0.3, -0.25) is 14.9 Å². The van der Waals surface area contributed by atoms with Gasteiger partial charge in [0.2, 0.25) is 11.8 Å². The summed E-state index contributed by atoms with van der Waals surface area (Å²) in [7, 11) is 0. The van der Waals surface area contributed by atoms with Crippen LogP contribution in [-0.4, -0.2) is 15.8 Å². The molecule has 5 rings (SSSR count). The molecule has 0 unspecified atom stereocenters. The van der Waals surface area contributed by atoms with E-state index in [0.717, 1.165) is 5.56 Å². The number of anilines is 1. The van der Waals surface area contributed by atoms with E-state index in [1.807, 2.05) is 12.1 Å². The molecule has 0 atom stereocenters. The Morgan fingerprint density at radius 2 is 1.78 bits per heavy atom. The fraction of sp³-hybridized carbons (Fsp3) is 0.103. The molecule has 0 saturated carbocycles. The van der Waals surface area contributed by atoms with Crippen LogP contribution in [0.2, 0.25) is 0 Å². The Bertz CT molecular complexity index is 1630. The predicted molar refractivity (Wildman–Crippen MR) is 142 cm³/mol. The number of para-hydroxylation sites is 1. The van der Waals surface area contributed by atoms with E-state index in [1.165, 1.54) is 23.8 Å². The Kier molecular flexibility index (Phi) is 6.38. The third kappa shape index (κ3) is 5.18. The van der Waals surface area contributed by atoms with E-state index in [-0.39, 0.29) is 11.6 Å². The second kappa shape index (κ2) is 9.94. The first kappa shape index (κ1) is 23.7. The largest absolute Gasteiger partial charge is 0.456 e. The molecule has 5 aromatic rings. The molecule has 1 amide bonds. The third-order valence-electron chi connectivity index (χ3n) is 5.87. The van der Waals surface area contributed by atoms with Crippen LogP contribution in [0.1, 0.15) is 31.1 Å². The van der Waals surface area contributed by atoms with Crippen LogP contribution in [-0.2, 0) is 4.79 Å². The Hall–Kier alpha value is -4.98. The van der Waals surface area contributed by atoms with Crippen molar-refractivity contribution in [1.29, 1.82) is 0 Å². The number of aromatic nitrogens is 1. The highest BCUT2D eigenvalue weighted by molar-refractivity contribution is 6.02. The van der Waals surface area contributed by atoms with Crippen LogP contribution in [0.3, 0.4) is 0 Å². The maximum atomic E-state index is 12.5. The summed E-state index contributed by atoms with van der Waals surface area (Å²) in [6.07, 6.45) is 2.83. The number of furan rings is 1. The van der Waals surface area contributed by atoms with E-state index in [1.54, 1.807) is 48.5 Å². The SMILES string of the molecule is CC(C)c1ccc(-c2nc3cc(NC(=O)/C=C/c4ccc(-c5ccccc5[N+](=O)[O-])o4)ccc3o2)cc1. The predicted octanol–water partition coefficient (Wildman–Crippen LogP) is 7.44. The van der Waals surface area contributed by atoms with Crippen LogP contribution in [0.25, 0.3) is 40.0 Å². The number of nitro groups is 1. The van der Waals surface area contributed by atoms with Crippen molar-refractivity contribution in [2.75, 3.05) is 5.32 Å². The molecule has 1 N–H and O–H groups in total. The molecule has 8 heteroatoms. The number of amides is 1. The Balaban J connectivity index is 1.28. The fourth-order valence-corrected chi connectivity index (χ4v) is 3.91. The molecule has 3 aromatic carbocycles. The fourth-order valence-electron chi connectivity index (χ4n) is 3.91. The average molecular weight is 494 g/mol. The number of hydrogen-bond donors (Lipinski definition) is 1. The molecule has 8 nitrogen and oxygen atoms in total. The van der Waals surface area contributed by atoms with Crippen molar-refractivity contribution in [3.8, 4) is 22.8 Å².